The first-order chi connectivity index (χ1) is 6.85. The Morgan fingerprint density at radius 1 is 1.40 bits per heavy atom. The second-order valence-corrected chi connectivity index (χ2v) is 6.38. The van der Waals surface area contributed by atoms with Crippen LogP contribution in [0, 0.1) is 12.3 Å². The predicted octanol–water partition coefficient (Wildman–Crippen LogP) is 3.10. The molecule has 1 aromatic heterocycles. The van der Waals surface area contributed by atoms with Crippen LogP contribution in [0.3, 0.4) is 0 Å². The first kappa shape index (κ1) is 12.7. The molecule has 0 atom stereocenters. The Kier molecular flexibility index (Phi) is 3.90. The van der Waals surface area contributed by atoms with Crippen molar-refractivity contribution in [3.05, 3.63) is 15.6 Å². The molecule has 0 saturated heterocycles. The highest BCUT2D eigenvalue weighted by Crippen LogP contribution is 2.30. The molecule has 15 heavy (non-hydrogen) atoms. The molecule has 0 radical (unpaired) electrons. The van der Waals surface area contributed by atoms with Crippen molar-refractivity contribution < 1.29 is 0 Å². The molecule has 1 rings (SSSR count). The minimum atomic E-state index is 0.186. The van der Waals surface area contributed by atoms with E-state index < -0.39 is 0 Å². The van der Waals surface area contributed by atoms with Crippen LogP contribution in [0.5, 0.6) is 0 Å². The topological polar surface area (TPSA) is 38.9 Å². The Labute approximate surface area is 96.9 Å². The van der Waals surface area contributed by atoms with E-state index in [0.717, 1.165) is 13.0 Å². The van der Waals surface area contributed by atoms with Gasteiger partial charge < -0.3 is 5.73 Å². The number of nitrogens with zero attached hydrogens (tertiary/aromatic N) is 1. The van der Waals surface area contributed by atoms with Crippen LogP contribution >= 0.6 is 11.3 Å². The van der Waals surface area contributed by atoms with Gasteiger partial charge in [0.05, 0.1) is 10.7 Å². The van der Waals surface area contributed by atoms with Gasteiger partial charge in [-0.15, -0.1) is 11.3 Å². The highest BCUT2D eigenvalue weighted by Gasteiger charge is 2.20. The molecule has 2 nitrogen and oxygen atoms in total. The third-order valence-corrected chi connectivity index (χ3v) is 4.05. The SMILES string of the molecule is Cc1nc(C(C)C)sc1CC(C)(C)CN. The quantitative estimate of drug-likeness (QED) is 0.857. The highest BCUT2D eigenvalue weighted by atomic mass is 32.1. The third kappa shape index (κ3) is 3.28. The van der Waals surface area contributed by atoms with Gasteiger partial charge in [-0.3, -0.25) is 0 Å². The number of hydrogen-bond acceptors (Lipinski definition) is 3. The lowest BCUT2D eigenvalue weighted by Gasteiger charge is -2.21. The largest absolute Gasteiger partial charge is 0.330 e. The normalized spacial score (nSPS) is 12.5. The van der Waals surface area contributed by atoms with Crippen LogP contribution in [0.1, 0.15) is 49.2 Å². The number of rotatable bonds is 4. The molecular formula is C12H22N2S. The second-order valence-electron chi connectivity index (χ2n) is 5.26. The van der Waals surface area contributed by atoms with E-state index in [1.165, 1.54) is 15.6 Å². The molecule has 0 aliphatic carbocycles. The van der Waals surface area contributed by atoms with E-state index in [2.05, 4.69) is 39.6 Å². The van der Waals surface area contributed by atoms with E-state index in [1.54, 1.807) is 0 Å². The van der Waals surface area contributed by atoms with E-state index in [9.17, 15) is 0 Å². The second kappa shape index (κ2) is 4.62. The van der Waals surface area contributed by atoms with E-state index in [4.69, 9.17) is 5.73 Å². The summed E-state index contributed by atoms with van der Waals surface area (Å²) in [5, 5.41) is 1.25. The van der Waals surface area contributed by atoms with Crippen LogP contribution < -0.4 is 5.73 Å². The van der Waals surface area contributed by atoms with Crippen LogP contribution in [-0.4, -0.2) is 11.5 Å². The van der Waals surface area contributed by atoms with Crippen molar-refractivity contribution in [3.63, 3.8) is 0 Å². The summed E-state index contributed by atoms with van der Waals surface area (Å²) in [7, 11) is 0. The molecule has 3 heteroatoms. The molecular weight excluding hydrogens is 204 g/mol. The summed E-state index contributed by atoms with van der Waals surface area (Å²) in [6.45, 7) is 11.6. The Bertz CT molecular complexity index is 326. The predicted molar refractivity (Wildman–Crippen MR) is 67.5 cm³/mol. The zero-order valence-electron chi connectivity index (χ0n) is 10.4. The van der Waals surface area contributed by atoms with Gasteiger partial charge in [0.1, 0.15) is 0 Å². The fourth-order valence-corrected chi connectivity index (χ4v) is 2.70. The van der Waals surface area contributed by atoms with Crippen LogP contribution in [-0.2, 0) is 6.42 Å². The molecule has 0 saturated carbocycles. The number of hydrogen-bond donors (Lipinski definition) is 1. The molecule has 1 heterocycles. The summed E-state index contributed by atoms with van der Waals surface area (Å²) >= 11 is 1.84. The fourth-order valence-electron chi connectivity index (χ4n) is 1.37. The standard InChI is InChI=1S/C12H22N2S/c1-8(2)11-14-9(3)10(15-11)6-12(4,5)7-13/h8H,6-7,13H2,1-5H3. The lowest BCUT2D eigenvalue weighted by molar-refractivity contribution is 0.379. The molecule has 0 fully saturated rings. The summed E-state index contributed by atoms with van der Waals surface area (Å²) in [5.74, 6) is 0.531. The highest BCUT2D eigenvalue weighted by molar-refractivity contribution is 7.11. The molecule has 0 aromatic carbocycles. The van der Waals surface area contributed by atoms with E-state index in [-0.39, 0.29) is 5.41 Å². The van der Waals surface area contributed by atoms with E-state index in [1.807, 2.05) is 11.3 Å². The molecule has 0 bridgehead atoms. The Hall–Kier alpha value is -0.410. The maximum atomic E-state index is 5.76. The molecule has 0 aliphatic rings. The molecule has 0 spiro atoms. The van der Waals surface area contributed by atoms with Crippen LogP contribution in [0.4, 0.5) is 0 Å². The molecule has 86 valence electrons. The van der Waals surface area contributed by atoms with Gasteiger partial charge in [0, 0.05) is 10.8 Å². The summed E-state index contributed by atoms with van der Waals surface area (Å²) in [4.78, 5) is 6.00. The molecule has 0 unspecified atom stereocenters. The number of thiazole rings is 1. The zero-order valence-corrected chi connectivity index (χ0v) is 11.2. The summed E-state index contributed by atoms with van der Waals surface area (Å²) in [6.07, 6.45) is 1.04. The maximum Gasteiger partial charge on any atom is 0.0956 e. The first-order valence-electron chi connectivity index (χ1n) is 5.52. The van der Waals surface area contributed by atoms with E-state index in [0.29, 0.717) is 5.92 Å². The minimum absolute atomic E-state index is 0.186. The number of aryl methyl sites for hydroxylation is 1. The van der Waals surface area contributed by atoms with Gasteiger partial charge in [0.25, 0.3) is 0 Å². The summed E-state index contributed by atoms with van der Waals surface area (Å²) < 4.78 is 0. The minimum Gasteiger partial charge on any atom is -0.330 e. The van der Waals surface area contributed by atoms with Gasteiger partial charge in [-0.2, -0.15) is 0 Å². The molecule has 2 N–H and O–H groups in total. The first-order valence-corrected chi connectivity index (χ1v) is 6.33. The van der Waals surface area contributed by atoms with Gasteiger partial charge >= 0.3 is 0 Å². The monoisotopic (exact) mass is 226 g/mol. The Morgan fingerprint density at radius 2 is 2.00 bits per heavy atom. The van der Waals surface area contributed by atoms with Crippen LogP contribution in [0.2, 0.25) is 0 Å². The summed E-state index contributed by atoms with van der Waals surface area (Å²) in [6, 6.07) is 0. The van der Waals surface area contributed by atoms with Crippen molar-refractivity contribution in [1.82, 2.24) is 4.98 Å². The lowest BCUT2D eigenvalue weighted by Crippen LogP contribution is -2.25. The number of nitrogens with two attached hydrogens (primary N) is 1. The van der Waals surface area contributed by atoms with Crippen molar-refractivity contribution >= 4 is 11.3 Å². The van der Waals surface area contributed by atoms with Crippen LogP contribution in [0.15, 0.2) is 0 Å². The van der Waals surface area contributed by atoms with E-state index >= 15 is 0 Å². The average molecular weight is 226 g/mol. The molecule has 0 aliphatic heterocycles. The van der Waals surface area contributed by atoms with Crippen molar-refractivity contribution in [1.29, 1.82) is 0 Å². The Morgan fingerprint density at radius 3 is 2.40 bits per heavy atom. The van der Waals surface area contributed by atoms with Crippen molar-refractivity contribution in [2.75, 3.05) is 6.54 Å². The third-order valence-electron chi connectivity index (χ3n) is 2.59. The molecule has 0 amide bonds. The van der Waals surface area contributed by atoms with Gasteiger partial charge in [-0.25, -0.2) is 4.98 Å². The van der Waals surface area contributed by atoms with Gasteiger partial charge in [0.15, 0.2) is 0 Å². The average Bonchev–Trinajstić information content (AvgIpc) is 2.47. The Balaban J connectivity index is 2.86. The maximum absolute atomic E-state index is 5.76. The van der Waals surface area contributed by atoms with Crippen LogP contribution in [0.25, 0.3) is 0 Å². The van der Waals surface area contributed by atoms with Crippen molar-refractivity contribution in [2.24, 2.45) is 11.1 Å². The lowest BCUT2D eigenvalue weighted by atomic mass is 9.88. The molecule has 1 aromatic rings. The number of aromatic nitrogens is 1. The smallest absolute Gasteiger partial charge is 0.0956 e. The summed E-state index contributed by atoms with van der Waals surface area (Å²) in [5.41, 5.74) is 7.13. The zero-order chi connectivity index (χ0) is 11.6. The fraction of sp³-hybridized carbons (Fsp3) is 0.750. The van der Waals surface area contributed by atoms with Crippen molar-refractivity contribution in [3.8, 4) is 0 Å². The van der Waals surface area contributed by atoms with Gasteiger partial charge in [0.2, 0.25) is 0 Å². The van der Waals surface area contributed by atoms with Gasteiger partial charge in [-0.05, 0) is 25.3 Å². The van der Waals surface area contributed by atoms with Crippen molar-refractivity contribution in [2.45, 2.75) is 47.0 Å². The van der Waals surface area contributed by atoms with Gasteiger partial charge in [-0.1, -0.05) is 27.7 Å².